The number of carbonyl (C=O) groups is 2. The Labute approximate surface area is 200 Å². The fourth-order valence-corrected chi connectivity index (χ4v) is 3.79. The summed E-state index contributed by atoms with van der Waals surface area (Å²) in [5.74, 6) is -0.525. The van der Waals surface area contributed by atoms with Crippen molar-refractivity contribution in [1.82, 2.24) is 9.80 Å². The third-order valence-corrected chi connectivity index (χ3v) is 5.61. The summed E-state index contributed by atoms with van der Waals surface area (Å²) < 4.78 is 55.3. The Balaban J connectivity index is 1.51. The molecular formula is C24H27F3N2O6. The zero-order valence-corrected chi connectivity index (χ0v) is 19.4. The maximum Gasteiger partial charge on any atom is 0.417 e. The normalized spacial score (nSPS) is 15.4. The smallest absolute Gasteiger partial charge is 0.417 e. The molecule has 1 N–H and O–H groups in total. The van der Waals surface area contributed by atoms with E-state index in [0.29, 0.717) is 30.2 Å². The lowest BCUT2D eigenvalue weighted by atomic mass is 10.1. The van der Waals surface area contributed by atoms with Crippen LogP contribution in [0.5, 0.6) is 11.5 Å². The first kappa shape index (κ1) is 26.3. The van der Waals surface area contributed by atoms with Crippen molar-refractivity contribution in [2.75, 3.05) is 53.6 Å². The van der Waals surface area contributed by atoms with Gasteiger partial charge in [-0.15, -0.1) is 0 Å². The van der Waals surface area contributed by atoms with Crippen molar-refractivity contribution in [1.29, 1.82) is 0 Å². The van der Waals surface area contributed by atoms with Crippen LogP contribution in [0.2, 0.25) is 0 Å². The second-order valence-electron chi connectivity index (χ2n) is 7.96. The van der Waals surface area contributed by atoms with Gasteiger partial charge in [-0.25, -0.2) is 4.79 Å². The summed E-state index contributed by atoms with van der Waals surface area (Å²) in [7, 11) is 2.69. The van der Waals surface area contributed by atoms with E-state index in [1.54, 1.807) is 6.07 Å². The van der Waals surface area contributed by atoms with Gasteiger partial charge in [0.1, 0.15) is 12.7 Å². The van der Waals surface area contributed by atoms with E-state index in [4.69, 9.17) is 9.47 Å². The summed E-state index contributed by atoms with van der Waals surface area (Å²) in [4.78, 5) is 27.6. The average molecular weight is 496 g/mol. The Bertz CT molecular complexity index is 1040. The van der Waals surface area contributed by atoms with Crippen molar-refractivity contribution < 1.29 is 42.1 Å². The average Bonchev–Trinajstić information content (AvgIpc) is 2.86. The van der Waals surface area contributed by atoms with Crippen LogP contribution in [-0.2, 0) is 10.9 Å². The van der Waals surface area contributed by atoms with Crippen molar-refractivity contribution in [3.63, 3.8) is 0 Å². The van der Waals surface area contributed by atoms with Crippen LogP contribution in [0.15, 0.2) is 42.5 Å². The molecule has 0 saturated carbocycles. The fraction of sp³-hybridized carbons (Fsp3) is 0.417. The summed E-state index contributed by atoms with van der Waals surface area (Å²) in [6.45, 7) is 1.47. The van der Waals surface area contributed by atoms with E-state index in [0.717, 1.165) is 6.07 Å². The number of carbonyl (C=O) groups excluding carboxylic acids is 2. The second-order valence-corrected chi connectivity index (χ2v) is 7.96. The predicted molar refractivity (Wildman–Crippen MR) is 120 cm³/mol. The summed E-state index contributed by atoms with van der Waals surface area (Å²) in [5, 5.41) is 10.4. The number of esters is 1. The lowest BCUT2D eigenvalue weighted by molar-refractivity contribution is -0.138. The minimum atomic E-state index is -4.61. The van der Waals surface area contributed by atoms with Gasteiger partial charge in [0.25, 0.3) is 5.91 Å². The maximum atomic E-state index is 13.2. The Morgan fingerprint density at radius 2 is 1.71 bits per heavy atom. The van der Waals surface area contributed by atoms with E-state index in [-0.39, 0.29) is 31.8 Å². The minimum Gasteiger partial charge on any atom is -0.493 e. The van der Waals surface area contributed by atoms with Gasteiger partial charge in [0.15, 0.2) is 11.5 Å². The van der Waals surface area contributed by atoms with Crippen molar-refractivity contribution >= 4 is 11.9 Å². The molecule has 1 heterocycles. The molecule has 2 aromatic rings. The Morgan fingerprint density at radius 1 is 1.03 bits per heavy atom. The van der Waals surface area contributed by atoms with Crippen molar-refractivity contribution in [3.8, 4) is 11.5 Å². The van der Waals surface area contributed by atoms with Gasteiger partial charge in [-0.2, -0.15) is 13.2 Å². The highest BCUT2D eigenvalue weighted by atomic mass is 19.4. The van der Waals surface area contributed by atoms with Crippen LogP contribution in [-0.4, -0.2) is 86.4 Å². The molecule has 1 aliphatic heterocycles. The second kappa shape index (κ2) is 11.4. The van der Waals surface area contributed by atoms with Crippen molar-refractivity contribution in [2.24, 2.45) is 0 Å². The van der Waals surface area contributed by atoms with Crippen LogP contribution in [0.4, 0.5) is 13.2 Å². The van der Waals surface area contributed by atoms with E-state index in [1.807, 2.05) is 4.90 Å². The molecule has 1 fully saturated rings. The number of benzene rings is 2. The number of nitrogens with zero attached hydrogens (tertiary/aromatic N) is 2. The number of hydrogen-bond donors (Lipinski definition) is 1. The van der Waals surface area contributed by atoms with E-state index in [9.17, 15) is 27.9 Å². The molecule has 11 heteroatoms. The number of halogens is 3. The number of alkyl halides is 3. The van der Waals surface area contributed by atoms with Gasteiger partial charge in [-0.1, -0.05) is 12.1 Å². The van der Waals surface area contributed by atoms with Gasteiger partial charge in [0.05, 0.1) is 30.9 Å². The van der Waals surface area contributed by atoms with Crippen LogP contribution in [0.3, 0.4) is 0 Å². The van der Waals surface area contributed by atoms with Crippen LogP contribution in [0.1, 0.15) is 26.3 Å². The molecular weight excluding hydrogens is 469 g/mol. The van der Waals surface area contributed by atoms with Gasteiger partial charge in [-0.3, -0.25) is 9.69 Å². The molecule has 1 unspecified atom stereocenters. The Hall–Kier alpha value is -3.31. The zero-order chi connectivity index (χ0) is 25.6. The van der Waals surface area contributed by atoms with Crippen LogP contribution in [0, 0.1) is 0 Å². The lowest BCUT2D eigenvalue weighted by Gasteiger charge is -2.36. The maximum absolute atomic E-state index is 13.2. The van der Waals surface area contributed by atoms with Crippen molar-refractivity contribution in [2.45, 2.75) is 12.3 Å². The number of methoxy groups -OCH3 is 2. The standard InChI is InChI=1S/C24H27F3N2O6/c1-33-21-13-16(23(32)34-2)7-8-20(21)35-15-17(30)14-28-9-11-29(12-10-28)22(31)18-5-3-4-6-19(18)24(25,26)27/h3-8,13,17,30H,9-12,14-15H2,1-2H3. The highest BCUT2D eigenvalue weighted by molar-refractivity contribution is 5.96. The first-order valence-electron chi connectivity index (χ1n) is 10.9. The number of aliphatic hydroxyl groups excluding tert-OH is 1. The van der Waals surface area contributed by atoms with Gasteiger partial charge in [0, 0.05) is 32.7 Å². The molecule has 2 aromatic carbocycles. The van der Waals surface area contributed by atoms with E-state index in [1.165, 1.54) is 49.5 Å². The highest BCUT2D eigenvalue weighted by Gasteiger charge is 2.36. The molecule has 0 aromatic heterocycles. The molecule has 0 aliphatic carbocycles. The number of rotatable bonds is 8. The molecule has 8 nitrogen and oxygen atoms in total. The lowest BCUT2D eigenvalue weighted by Crippen LogP contribution is -2.51. The molecule has 0 radical (unpaired) electrons. The van der Waals surface area contributed by atoms with Crippen LogP contribution >= 0.6 is 0 Å². The molecule has 1 atom stereocenters. The summed E-state index contributed by atoms with van der Waals surface area (Å²) >= 11 is 0. The number of piperazine rings is 1. The number of ether oxygens (including phenoxy) is 3. The fourth-order valence-electron chi connectivity index (χ4n) is 3.79. The van der Waals surface area contributed by atoms with E-state index in [2.05, 4.69) is 4.74 Å². The van der Waals surface area contributed by atoms with Gasteiger partial charge in [0.2, 0.25) is 0 Å². The molecule has 3 rings (SSSR count). The summed E-state index contributed by atoms with van der Waals surface area (Å²) in [6, 6.07) is 9.28. The summed E-state index contributed by atoms with van der Waals surface area (Å²) in [6.07, 6.45) is -5.48. The number of β-amino-alcohol motifs (C(OH)–C–C–N with tert-alkyl or cyclic N) is 1. The Morgan fingerprint density at radius 3 is 2.34 bits per heavy atom. The first-order valence-corrected chi connectivity index (χ1v) is 10.9. The molecule has 0 bridgehead atoms. The van der Waals surface area contributed by atoms with Crippen LogP contribution in [0.25, 0.3) is 0 Å². The molecule has 190 valence electrons. The quantitative estimate of drug-likeness (QED) is 0.563. The zero-order valence-electron chi connectivity index (χ0n) is 19.4. The molecule has 1 amide bonds. The highest BCUT2D eigenvalue weighted by Crippen LogP contribution is 2.32. The topological polar surface area (TPSA) is 88.5 Å². The number of hydrogen-bond acceptors (Lipinski definition) is 7. The minimum absolute atomic E-state index is 0.0496. The SMILES string of the molecule is COC(=O)c1ccc(OCC(O)CN2CCN(C(=O)c3ccccc3C(F)(F)F)CC2)c(OC)c1. The third-order valence-electron chi connectivity index (χ3n) is 5.61. The third kappa shape index (κ3) is 6.64. The van der Waals surface area contributed by atoms with Gasteiger partial charge in [-0.05, 0) is 30.3 Å². The van der Waals surface area contributed by atoms with E-state index < -0.39 is 29.7 Å². The van der Waals surface area contributed by atoms with E-state index >= 15 is 0 Å². The molecule has 0 spiro atoms. The van der Waals surface area contributed by atoms with Gasteiger partial charge >= 0.3 is 12.1 Å². The molecule has 1 aliphatic rings. The van der Waals surface area contributed by atoms with Gasteiger partial charge < -0.3 is 24.2 Å². The summed E-state index contributed by atoms with van der Waals surface area (Å²) in [5.41, 5.74) is -1.02. The molecule has 1 saturated heterocycles. The number of amides is 1. The predicted octanol–water partition coefficient (Wildman–Crippen LogP) is 2.70. The largest absolute Gasteiger partial charge is 0.493 e. The first-order chi connectivity index (χ1) is 16.6. The van der Waals surface area contributed by atoms with Crippen LogP contribution < -0.4 is 9.47 Å². The number of aliphatic hydroxyl groups is 1. The van der Waals surface area contributed by atoms with Crippen molar-refractivity contribution in [3.05, 3.63) is 59.2 Å². The monoisotopic (exact) mass is 496 g/mol. The Kier molecular flexibility index (Phi) is 8.57. The molecule has 35 heavy (non-hydrogen) atoms.